The molecule has 0 radical (unpaired) electrons. The molecule has 66 valence electrons. The summed E-state index contributed by atoms with van der Waals surface area (Å²) in [5.74, 6) is 0.815. The summed E-state index contributed by atoms with van der Waals surface area (Å²) < 4.78 is 1.81. The summed E-state index contributed by atoms with van der Waals surface area (Å²) in [6.45, 7) is 0. The Bertz CT molecular complexity index is 422. The molecular formula is C9H9N3O. The summed E-state index contributed by atoms with van der Waals surface area (Å²) in [5, 5.41) is 9.49. The number of hydrogen-bond donors (Lipinski definition) is 1. The van der Waals surface area contributed by atoms with Gasteiger partial charge in [-0.3, -0.25) is 0 Å². The van der Waals surface area contributed by atoms with Crippen LogP contribution in [0.25, 0.3) is 11.5 Å². The Morgan fingerprint density at radius 2 is 2.15 bits per heavy atom. The van der Waals surface area contributed by atoms with Crippen molar-refractivity contribution in [1.29, 1.82) is 0 Å². The van der Waals surface area contributed by atoms with Crippen molar-refractivity contribution < 1.29 is 5.11 Å². The number of aromatic hydroxyl groups is 1. The molecule has 0 fully saturated rings. The number of hydrogen-bond acceptors (Lipinski definition) is 3. The maximum absolute atomic E-state index is 9.49. The van der Waals surface area contributed by atoms with Crippen molar-refractivity contribution >= 4 is 0 Å². The quantitative estimate of drug-likeness (QED) is 0.708. The first kappa shape index (κ1) is 7.79. The summed E-state index contributed by atoms with van der Waals surface area (Å²) in [5.41, 5.74) is 0.509. The van der Waals surface area contributed by atoms with Gasteiger partial charge in [-0.15, -0.1) is 0 Å². The Morgan fingerprint density at radius 1 is 1.31 bits per heavy atom. The van der Waals surface area contributed by atoms with Gasteiger partial charge in [0.2, 0.25) is 0 Å². The lowest BCUT2D eigenvalue weighted by molar-refractivity contribution is 0.474. The van der Waals surface area contributed by atoms with Gasteiger partial charge < -0.3 is 9.67 Å². The number of aryl methyl sites for hydroxylation is 1. The van der Waals surface area contributed by atoms with E-state index in [-0.39, 0.29) is 5.75 Å². The number of aromatic nitrogens is 3. The number of pyridine rings is 1. The Labute approximate surface area is 75.5 Å². The molecule has 4 nitrogen and oxygen atoms in total. The van der Waals surface area contributed by atoms with E-state index >= 15 is 0 Å². The molecule has 0 aliphatic carbocycles. The fourth-order valence-corrected chi connectivity index (χ4v) is 1.16. The zero-order valence-electron chi connectivity index (χ0n) is 7.18. The highest BCUT2D eigenvalue weighted by molar-refractivity contribution is 5.58. The molecule has 2 rings (SSSR count). The summed E-state index contributed by atoms with van der Waals surface area (Å²) in [6, 6.07) is 3.28. The number of imidazole rings is 1. The average Bonchev–Trinajstić information content (AvgIpc) is 2.52. The molecule has 0 aliphatic heterocycles. The van der Waals surface area contributed by atoms with Gasteiger partial charge in [0.15, 0.2) is 5.82 Å². The van der Waals surface area contributed by atoms with Crippen LogP contribution < -0.4 is 0 Å². The summed E-state index contributed by atoms with van der Waals surface area (Å²) >= 11 is 0. The van der Waals surface area contributed by atoms with Crippen molar-refractivity contribution in [2.75, 3.05) is 0 Å². The van der Waals surface area contributed by atoms with Gasteiger partial charge in [-0.2, -0.15) is 0 Å². The van der Waals surface area contributed by atoms with E-state index in [0.717, 1.165) is 0 Å². The molecule has 2 aromatic heterocycles. The Kier molecular flexibility index (Phi) is 1.73. The molecule has 2 aromatic rings. The van der Waals surface area contributed by atoms with Crippen LogP contribution in [0.15, 0.2) is 30.7 Å². The van der Waals surface area contributed by atoms with E-state index in [4.69, 9.17) is 0 Å². The van der Waals surface area contributed by atoms with E-state index in [1.165, 1.54) is 0 Å². The molecule has 0 atom stereocenters. The van der Waals surface area contributed by atoms with Gasteiger partial charge in [0, 0.05) is 25.6 Å². The van der Waals surface area contributed by atoms with Crippen molar-refractivity contribution in [2.24, 2.45) is 7.05 Å². The van der Waals surface area contributed by atoms with Crippen LogP contribution in [0.1, 0.15) is 0 Å². The van der Waals surface area contributed by atoms with Crippen LogP contribution in [0.5, 0.6) is 5.75 Å². The van der Waals surface area contributed by atoms with Crippen LogP contribution in [0.2, 0.25) is 0 Å². The molecule has 4 heteroatoms. The van der Waals surface area contributed by atoms with Crippen LogP contribution >= 0.6 is 0 Å². The Balaban J connectivity index is 2.59. The number of nitrogens with zero attached hydrogens (tertiary/aromatic N) is 3. The fourth-order valence-electron chi connectivity index (χ4n) is 1.16. The van der Waals surface area contributed by atoms with Crippen molar-refractivity contribution in [3.63, 3.8) is 0 Å². The highest BCUT2D eigenvalue weighted by atomic mass is 16.3. The van der Waals surface area contributed by atoms with Gasteiger partial charge in [-0.25, -0.2) is 9.97 Å². The minimum absolute atomic E-state index is 0.150. The molecule has 0 bridgehead atoms. The molecule has 0 spiro atoms. The van der Waals surface area contributed by atoms with E-state index in [1.54, 1.807) is 24.5 Å². The molecule has 0 saturated carbocycles. The van der Waals surface area contributed by atoms with Crippen LogP contribution in [0.3, 0.4) is 0 Å². The average molecular weight is 175 g/mol. The van der Waals surface area contributed by atoms with Crippen molar-refractivity contribution in [1.82, 2.24) is 14.5 Å². The highest BCUT2D eigenvalue weighted by Crippen LogP contribution is 2.23. The second-order valence-corrected chi connectivity index (χ2v) is 2.73. The minimum Gasteiger partial charge on any atom is -0.506 e. The van der Waals surface area contributed by atoms with Crippen LogP contribution in [0.4, 0.5) is 0 Å². The van der Waals surface area contributed by atoms with Crippen LogP contribution in [-0.2, 0) is 7.05 Å². The monoisotopic (exact) mass is 175 g/mol. The van der Waals surface area contributed by atoms with E-state index < -0.39 is 0 Å². The SMILES string of the molecule is Cn1ccnc1-c1ncccc1O. The second kappa shape index (κ2) is 2.90. The van der Waals surface area contributed by atoms with Gasteiger partial charge >= 0.3 is 0 Å². The molecule has 0 unspecified atom stereocenters. The van der Waals surface area contributed by atoms with Crippen molar-refractivity contribution in [3.8, 4) is 17.3 Å². The van der Waals surface area contributed by atoms with Gasteiger partial charge in [0.05, 0.1) is 0 Å². The highest BCUT2D eigenvalue weighted by Gasteiger charge is 2.08. The molecule has 13 heavy (non-hydrogen) atoms. The molecule has 1 N–H and O–H groups in total. The lowest BCUT2D eigenvalue weighted by Crippen LogP contribution is -1.93. The third-order valence-corrected chi connectivity index (χ3v) is 1.82. The largest absolute Gasteiger partial charge is 0.506 e. The molecule has 0 amide bonds. The molecule has 2 heterocycles. The van der Waals surface area contributed by atoms with Crippen LogP contribution in [-0.4, -0.2) is 19.6 Å². The first-order valence-corrected chi connectivity index (χ1v) is 3.90. The van der Waals surface area contributed by atoms with Gasteiger partial charge in [0.1, 0.15) is 11.4 Å². The van der Waals surface area contributed by atoms with Crippen molar-refractivity contribution in [3.05, 3.63) is 30.7 Å². The van der Waals surface area contributed by atoms with E-state index in [1.807, 2.05) is 17.8 Å². The lowest BCUT2D eigenvalue weighted by atomic mass is 10.3. The maximum Gasteiger partial charge on any atom is 0.162 e. The Hall–Kier alpha value is -1.84. The molecular weight excluding hydrogens is 166 g/mol. The predicted octanol–water partition coefficient (Wildman–Crippen LogP) is 1.19. The van der Waals surface area contributed by atoms with Crippen LogP contribution in [0, 0.1) is 0 Å². The standard InChI is InChI=1S/C9H9N3O/c1-12-6-5-11-9(12)8-7(13)3-2-4-10-8/h2-6,13H,1H3. The fraction of sp³-hybridized carbons (Fsp3) is 0.111. The zero-order chi connectivity index (χ0) is 9.26. The third kappa shape index (κ3) is 1.26. The first-order valence-electron chi connectivity index (χ1n) is 3.90. The third-order valence-electron chi connectivity index (χ3n) is 1.82. The topological polar surface area (TPSA) is 50.9 Å². The normalized spacial score (nSPS) is 10.2. The molecule has 0 saturated heterocycles. The van der Waals surface area contributed by atoms with Gasteiger partial charge in [-0.1, -0.05) is 0 Å². The van der Waals surface area contributed by atoms with E-state index in [2.05, 4.69) is 9.97 Å². The second-order valence-electron chi connectivity index (χ2n) is 2.73. The molecule has 0 aliphatic rings. The zero-order valence-corrected chi connectivity index (χ0v) is 7.18. The minimum atomic E-state index is 0.150. The molecule has 0 aromatic carbocycles. The van der Waals surface area contributed by atoms with E-state index in [9.17, 15) is 5.11 Å². The maximum atomic E-state index is 9.49. The van der Waals surface area contributed by atoms with E-state index in [0.29, 0.717) is 11.5 Å². The Morgan fingerprint density at radius 3 is 2.77 bits per heavy atom. The summed E-state index contributed by atoms with van der Waals surface area (Å²) in [7, 11) is 1.86. The smallest absolute Gasteiger partial charge is 0.162 e. The lowest BCUT2D eigenvalue weighted by Gasteiger charge is -2.01. The van der Waals surface area contributed by atoms with Gasteiger partial charge in [-0.05, 0) is 12.1 Å². The number of rotatable bonds is 1. The van der Waals surface area contributed by atoms with Crippen molar-refractivity contribution in [2.45, 2.75) is 0 Å². The van der Waals surface area contributed by atoms with Gasteiger partial charge in [0.25, 0.3) is 0 Å². The summed E-state index contributed by atoms with van der Waals surface area (Å²) in [4.78, 5) is 8.14. The summed E-state index contributed by atoms with van der Waals surface area (Å²) in [6.07, 6.45) is 5.11. The predicted molar refractivity (Wildman–Crippen MR) is 48.1 cm³/mol. The first-order chi connectivity index (χ1) is 6.29.